The number of rotatable bonds is 4. The number of nitrogens with zero attached hydrogens (tertiary/aromatic N) is 2. The lowest BCUT2D eigenvalue weighted by Gasteiger charge is -2.18. The number of nitrogens with one attached hydrogen (secondary N) is 2. The molecule has 0 saturated heterocycles. The van der Waals surface area contributed by atoms with Crippen LogP contribution in [0.15, 0.2) is 24.3 Å². The highest BCUT2D eigenvalue weighted by Gasteiger charge is 2.15. The Bertz CT molecular complexity index is 746. The number of aromatic amines is 1. The fourth-order valence-corrected chi connectivity index (χ4v) is 2.46. The Morgan fingerprint density at radius 1 is 1.35 bits per heavy atom. The van der Waals surface area contributed by atoms with E-state index in [9.17, 15) is 5.11 Å². The first-order valence-electron chi connectivity index (χ1n) is 6.85. The topological polar surface area (TPSA) is 73.8 Å². The summed E-state index contributed by atoms with van der Waals surface area (Å²) in [6.07, 6.45) is 0.853. The monoisotopic (exact) mass is 270 g/mol. The molecule has 0 unspecified atom stereocenters. The van der Waals surface area contributed by atoms with Gasteiger partial charge in [0.15, 0.2) is 5.65 Å². The van der Waals surface area contributed by atoms with E-state index < -0.39 is 0 Å². The lowest BCUT2D eigenvalue weighted by atomic mass is 10.1. The molecule has 0 aliphatic carbocycles. The van der Waals surface area contributed by atoms with Crippen LogP contribution in [0.1, 0.15) is 19.0 Å². The number of H-pyrrole nitrogens is 1. The summed E-state index contributed by atoms with van der Waals surface area (Å²) in [6.45, 7) is 4.14. The SMILES string of the molecule is CC[C@@H](CO)Nc1c2ccccc2nc2n[nH]c(C)c12. The second-order valence-corrected chi connectivity index (χ2v) is 4.98. The molecule has 1 aromatic carbocycles. The summed E-state index contributed by atoms with van der Waals surface area (Å²) in [5, 5.41) is 22.2. The van der Waals surface area contributed by atoms with Crippen LogP contribution in [-0.4, -0.2) is 32.9 Å². The zero-order valence-electron chi connectivity index (χ0n) is 11.6. The van der Waals surface area contributed by atoms with Crippen molar-refractivity contribution >= 4 is 27.6 Å². The fraction of sp³-hybridized carbons (Fsp3) is 0.333. The maximum atomic E-state index is 9.45. The third kappa shape index (κ3) is 2.00. The van der Waals surface area contributed by atoms with Gasteiger partial charge >= 0.3 is 0 Å². The van der Waals surface area contributed by atoms with Crippen LogP contribution in [0.4, 0.5) is 5.69 Å². The standard InChI is InChI=1S/C15H18N4O/c1-3-10(8-20)16-14-11-6-4-5-7-12(11)17-15-13(14)9(2)18-19-15/h4-7,10,20H,3,8H2,1-2H3,(H2,16,17,18,19)/t10-/m0/s1. The first-order valence-corrected chi connectivity index (χ1v) is 6.85. The number of aryl methyl sites for hydroxylation is 1. The highest BCUT2D eigenvalue weighted by atomic mass is 16.3. The molecule has 0 fully saturated rings. The molecule has 20 heavy (non-hydrogen) atoms. The Hall–Kier alpha value is -2.14. The van der Waals surface area contributed by atoms with Gasteiger partial charge in [-0.25, -0.2) is 4.98 Å². The molecule has 0 bridgehead atoms. The largest absolute Gasteiger partial charge is 0.394 e. The molecular formula is C15H18N4O. The minimum absolute atomic E-state index is 0.0262. The van der Waals surface area contributed by atoms with E-state index in [-0.39, 0.29) is 12.6 Å². The van der Waals surface area contributed by atoms with Crippen LogP contribution in [0.3, 0.4) is 0 Å². The van der Waals surface area contributed by atoms with Crippen LogP contribution in [0.2, 0.25) is 0 Å². The molecule has 0 radical (unpaired) electrons. The lowest BCUT2D eigenvalue weighted by Crippen LogP contribution is -2.23. The summed E-state index contributed by atoms with van der Waals surface area (Å²) in [5.41, 5.74) is 3.59. The van der Waals surface area contributed by atoms with E-state index >= 15 is 0 Å². The number of aliphatic hydroxyl groups excluding tert-OH is 1. The van der Waals surface area contributed by atoms with Gasteiger partial charge < -0.3 is 10.4 Å². The smallest absolute Gasteiger partial charge is 0.183 e. The highest BCUT2D eigenvalue weighted by Crippen LogP contribution is 2.32. The number of para-hydroxylation sites is 1. The second kappa shape index (κ2) is 5.09. The minimum Gasteiger partial charge on any atom is -0.394 e. The number of fused-ring (bicyclic) bond motifs is 2. The van der Waals surface area contributed by atoms with Gasteiger partial charge in [0.1, 0.15) is 0 Å². The predicted octanol–water partition coefficient (Wildman–Crippen LogP) is 2.60. The van der Waals surface area contributed by atoms with Gasteiger partial charge in [-0.05, 0) is 19.4 Å². The molecule has 0 aliphatic heterocycles. The molecular weight excluding hydrogens is 252 g/mol. The van der Waals surface area contributed by atoms with Gasteiger partial charge in [0.05, 0.1) is 23.2 Å². The summed E-state index contributed by atoms with van der Waals surface area (Å²) in [7, 11) is 0. The average Bonchev–Trinajstić information content (AvgIpc) is 2.85. The molecule has 0 saturated carbocycles. The Balaban J connectivity index is 2.29. The molecule has 2 heterocycles. The van der Waals surface area contributed by atoms with Crippen molar-refractivity contribution in [3.05, 3.63) is 30.0 Å². The first kappa shape index (κ1) is 12.9. The molecule has 2 aromatic heterocycles. The van der Waals surface area contributed by atoms with E-state index in [1.165, 1.54) is 0 Å². The third-order valence-electron chi connectivity index (χ3n) is 3.64. The molecule has 5 heteroatoms. The zero-order valence-corrected chi connectivity index (χ0v) is 11.6. The summed E-state index contributed by atoms with van der Waals surface area (Å²) < 4.78 is 0. The van der Waals surface area contributed by atoms with Crippen molar-refractivity contribution in [2.24, 2.45) is 0 Å². The van der Waals surface area contributed by atoms with E-state index in [1.54, 1.807) is 0 Å². The average molecular weight is 270 g/mol. The molecule has 5 nitrogen and oxygen atoms in total. The van der Waals surface area contributed by atoms with Gasteiger partial charge in [-0.15, -0.1) is 0 Å². The van der Waals surface area contributed by atoms with Crippen LogP contribution in [0.25, 0.3) is 21.9 Å². The quantitative estimate of drug-likeness (QED) is 0.681. The summed E-state index contributed by atoms with van der Waals surface area (Å²) in [4.78, 5) is 4.57. The van der Waals surface area contributed by atoms with Crippen molar-refractivity contribution < 1.29 is 5.11 Å². The van der Waals surface area contributed by atoms with E-state index in [1.807, 2.05) is 31.2 Å². The predicted molar refractivity (Wildman–Crippen MR) is 80.9 cm³/mol. The molecule has 0 amide bonds. The van der Waals surface area contributed by atoms with Gasteiger partial charge in [0, 0.05) is 17.1 Å². The Morgan fingerprint density at radius 3 is 2.90 bits per heavy atom. The van der Waals surface area contributed by atoms with Gasteiger partial charge in [0.2, 0.25) is 0 Å². The highest BCUT2D eigenvalue weighted by molar-refractivity contribution is 6.07. The van der Waals surface area contributed by atoms with Crippen molar-refractivity contribution in [3.63, 3.8) is 0 Å². The van der Waals surface area contributed by atoms with Gasteiger partial charge in [-0.2, -0.15) is 5.10 Å². The Labute approximate surface area is 117 Å². The molecule has 3 N–H and O–H groups in total. The molecule has 3 aromatic rings. The second-order valence-electron chi connectivity index (χ2n) is 4.98. The number of hydrogen-bond acceptors (Lipinski definition) is 4. The van der Waals surface area contributed by atoms with Gasteiger partial charge in [-0.1, -0.05) is 25.1 Å². The number of aromatic nitrogens is 3. The van der Waals surface area contributed by atoms with Gasteiger partial charge in [0.25, 0.3) is 0 Å². The summed E-state index contributed by atoms with van der Waals surface area (Å²) in [6, 6.07) is 8.01. The number of benzene rings is 1. The van der Waals surface area contributed by atoms with E-state index in [0.29, 0.717) is 5.65 Å². The lowest BCUT2D eigenvalue weighted by molar-refractivity contribution is 0.272. The van der Waals surface area contributed by atoms with Crippen LogP contribution >= 0.6 is 0 Å². The van der Waals surface area contributed by atoms with Crippen molar-refractivity contribution in [1.82, 2.24) is 15.2 Å². The number of anilines is 1. The van der Waals surface area contributed by atoms with E-state index in [2.05, 4.69) is 27.4 Å². The van der Waals surface area contributed by atoms with E-state index in [4.69, 9.17) is 0 Å². The van der Waals surface area contributed by atoms with Crippen molar-refractivity contribution in [2.45, 2.75) is 26.3 Å². The van der Waals surface area contributed by atoms with Crippen molar-refractivity contribution in [1.29, 1.82) is 0 Å². The van der Waals surface area contributed by atoms with Gasteiger partial charge in [-0.3, -0.25) is 5.10 Å². The molecule has 0 spiro atoms. The normalized spacial score (nSPS) is 12.9. The molecule has 3 rings (SSSR count). The molecule has 1 atom stereocenters. The number of hydrogen-bond donors (Lipinski definition) is 3. The van der Waals surface area contributed by atoms with Crippen LogP contribution < -0.4 is 5.32 Å². The van der Waals surface area contributed by atoms with Crippen molar-refractivity contribution in [2.75, 3.05) is 11.9 Å². The van der Waals surface area contributed by atoms with Crippen molar-refractivity contribution in [3.8, 4) is 0 Å². The maximum Gasteiger partial charge on any atom is 0.183 e. The Kier molecular flexibility index (Phi) is 3.28. The third-order valence-corrected chi connectivity index (χ3v) is 3.64. The maximum absolute atomic E-state index is 9.45. The molecule has 0 aliphatic rings. The summed E-state index contributed by atoms with van der Waals surface area (Å²) >= 11 is 0. The minimum atomic E-state index is 0.0262. The van der Waals surface area contributed by atoms with E-state index in [0.717, 1.165) is 34.1 Å². The Morgan fingerprint density at radius 2 is 2.15 bits per heavy atom. The zero-order chi connectivity index (χ0) is 14.1. The van der Waals surface area contributed by atoms with Crippen LogP contribution in [0, 0.1) is 6.92 Å². The van der Waals surface area contributed by atoms with Crippen LogP contribution in [-0.2, 0) is 0 Å². The first-order chi connectivity index (χ1) is 9.74. The number of aliphatic hydroxyl groups is 1. The summed E-state index contributed by atoms with van der Waals surface area (Å²) in [5.74, 6) is 0. The van der Waals surface area contributed by atoms with Crippen LogP contribution in [0.5, 0.6) is 0 Å². The number of pyridine rings is 1. The fourth-order valence-electron chi connectivity index (χ4n) is 2.46. The molecule has 104 valence electrons.